The lowest BCUT2D eigenvalue weighted by atomic mass is 10.1. The van der Waals surface area contributed by atoms with E-state index in [1.165, 1.54) is 5.56 Å². The minimum atomic E-state index is -0.174. The zero-order valence-electron chi connectivity index (χ0n) is 12.6. The zero-order valence-corrected chi connectivity index (χ0v) is 12.6. The molecule has 0 radical (unpaired) electrons. The Morgan fingerprint density at radius 2 is 1.86 bits per heavy atom. The number of rotatable bonds is 3. The Bertz CT molecular complexity index is 812. The van der Waals surface area contributed by atoms with Crippen LogP contribution in [0.5, 0.6) is 0 Å². The average molecular weight is 291 g/mol. The number of hydrogen-bond donors (Lipinski definition) is 1. The Labute approximate surface area is 129 Å². The van der Waals surface area contributed by atoms with Crippen molar-refractivity contribution in [2.75, 3.05) is 0 Å². The number of amides is 1. The molecule has 110 valence electrons. The number of nitrogens with one attached hydrogen (secondary N) is 1. The molecule has 1 unspecified atom stereocenters. The second-order valence-corrected chi connectivity index (χ2v) is 5.37. The zero-order chi connectivity index (χ0) is 15.5. The third-order valence-electron chi connectivity index (χ3n) is 3.65. The summed E-state index contributed by atoms with van der Waals surface area (Å²) >= 11 is 0. The highest BCUT2D eigenvalue weighted by atomic mass is 16.1. The molecule has 2 aromatic heterocycles. The van der Waals surface area contributed by atoms with Crippen LogP contribution in [0.25, 0.3) is 10.9 Å². The number of nitrogens with zero attached hydrogens (tertiary/aromatic N) is 2. The van der Waals surface area contributed by atoms with Gasteiger partial charge in [-0.15, -0.1) is 0 Å². The molecule has 1 aromatic carbocycles. The highest BCUT2D eigenvalue weighted by molar-refractivity contribution is 5.94. The van der Waals surface area contributed by atoms with Crippen LogP contribution in [0, 0.1) is 6.92 Å². The van der Waals surface area contributed by atoms with Gasteiger partial charge < -0.3 is 5.32 Å². The third kappa shape index (κ3) is 2.96. The number of pyridine rings is 2. The Morgan fingerprint density at radius 1 is 1.09 bits per heavy atom. The second-order valence-electron chi connectivity index (χ2n) is 5.37. The summed E-state index contributed by atoms with van der Waals surface area (Å²) in [4.78, 5) is 20.8. The molecule has 0 spiro atoms. The average Bonchev–Trinajstić information content (AvgIpc) is 2.55. The van der Waals surface area contributed by atoms with Crippen molar-refractivity contribution in [2.45, 2.75) is 19.9 Å². The summed E-state index contributed by atoms with van der Waals surface area (Å²) in [6.07, 6.45) is 3.41. The first kappa shape index (κ1) is 14.2. The van der Waals surface area contributed by atoms with Gasteiger partial charge in [-0.25, -0.2) is 4.98 Å². The highest BCUT2D eigenvalue weighted by Gasteiger charge is 2.13. The van der Waals surface area contributed by atoms with E-state index in [0.29, 0.717) is 5.69 Å². The summed E-state index contributed by atoms with van der Waals surface area (Å²) in [6.45, 7) is 4.01. The summed E-state index contributed by atoms with van der Waals surface area (Å²) < 4.78 is 0. The molecule has 0 aliphatic rings. The lowest BCUT2D eigenvalue weighted by Gasteiger charge is -2.14. The van der Waals surface area contributed by atoms with Crippen molar-refractivity contribution >= 4 is 16.8 Å². The largest absolute Gasteiger partial charge is 0.344 e. The molecule has 0 saturated heterocycles. The smallest absolute Gasteiger partial charge is 0.270 e. The van der Waals surface area contributed by atoms with Crippen LogP contribution in [-0.2, 0) is 0 Å². The molecule has 3 rings (SSSR count). The van der Waals surface area contributed by atoms with Crippen LogP contribution in [0.1, 0.15) is 34.6 Å². The first-order valence-electron chi connectivity index (χ1n) is 7.22. The molecule has 0 aliphatic heterocycles. The van der Waals surface area contributed by atoms with Gasteiger partial charge in [0.2, 0.25) is 0 Å². The number of benzene rings is 1. The van der Waals surface area contributed by atoms with E-state index < -0.39 is 0 Å². The fraction of sp³-hybridized carbons (Fsp3) is 0.167. The lowest BCUT2D eigenvalue weighted by molar-refractivity contribution is 0.0935. The van der Waals surface area contributed by atoms with E-state index in [1.807, 2.05) is 44.2 Å². The van der Waals surface area contributed by atoms with E-state index in [1.54, 1.807) is 24.5 Å². The Kier molecular flexibility index (Phi) is 3.83. The fourth-order valence-electron chi connectivity index (χ4n) is 2.30. The second kappa shape index (κ2) is 5.93. The topological polar surface area (TPSA) is 54.9 Å². The minimum Gasteiger partial charge on any atom is -0.344 e. The Hall–Kier alpha value is -2.75. The van der Waals surface area contributed by atoms with Crippen molar-refractivity contribution in [3.8, 4) is 0 Å². The van der Waals surface area contributed by atoms with Crippen molar-refractivity contribution in [3.05, 3.63) is 71.7 Å². The van der Waals surface area contributed by atoms with Gasteiger partial charge in [0.15, 0.2) is 0 Å². The number of carbonyl (C=O) groups excluding carboxylic acids is 1. The number of carbonyl (C=O) groups is 1. The van der Waals surface area contributed by atoms with E-state index in [4.69, 9.17) is 0 Å². The Balaban J connectivity index is 1.79. The standard InChI is InChI=1S/C18H17N3O/c1-12-3-5-14(6-4-12)13(2)20-18(22)17-8-7-15-11-19-10-9-16(15)21-17/h3-11,13H,1-2H3,(H,20,22). The van der Waals surface area contributed by atoms with Crippen molar-refractivity contribution < 1.29 is 4.79 Å². The molecule has 3 aromatic rings. The number of aryl methyl sites for hydroxylation is 1. The van der Waals surface area contributed by atoms with Crippen LogP contribution in [0.2, 0.25) is 0 Å². The van der Waals surface area contributed by atoms with E-state index in [-0.39, 0.29) is 11.9 Å². The van der Waals surface area contributed by atoms with Gasteiger partial charge in [-0.05, 0) is 37.6 Å². The third-order valence-corrected chi connectivity index (χ3v) is 3.65. The van der Waals surface area contributed by atoms with Crippen molar-refractivity contribution in [3.63, 3.8) is 0 Å². The normalized spacial score (nSPS) is 12.1. The molecule has 22 heavy (non-hydrogen) atoms. The quantitative estimate of drug-likeness (QED) is 0.804. The summed E-state index contributed by atoms with van der Waals surface area (Å²) in [6, 6.07) is 13.5. The fourth-order valence-corrected chi connectivity index (χ4v) is 2.30. The molecule has 0 saturated carbocycles. The molecule has 0 bridgehead atoms. The molecule has 1 amide bonds. The first-order valence-corrected chi connectivity index (χ1v) is 7.22. The molecule has 1 N–H and O–H groups in total. The molecule has 4 heteroatoms. The number of hydrogen-bond acceptors (Lipinski definition) is 3. The van der Waals surface area contributed by atoms with Crippen LogP contribution in [0.15, 0.2) is 54.9 Å². The predicted octanol–water partition coefficient (Wildman–Crippen LogP) is 3.43. The number of aromatic nitrogens is 2. The van der Waals surface area contributed by atoms with Crippen LogP contribution in [0.3, 0.4) is 0 Å². The summed E-state index contributed by atoms with van der Waals surface area (Å²) in [5.74, 6) is -0.174. The van der Waals surface area contributed by atoms with Crippen LogP contribution in [-0.4, -0.2) is 15.9 Å². The van der Waals surface area contributed by atoms with E-state index in [0.717, 1.165) is 16.5 Å². The summed E-state index contributed by atoms with van der Waals surface area (Å²) in [5.41, 5.74) is 3.46. The van der Waals surface area contributed by atoms with Gasteiger partial charge in [0.25, 0.3) is 5.91 Å². The monoisotopic (exact) mass is 291 g/mol. The van der Waals surface area contributed by atoms with E-state index >= 15 is 0 Å². The van der Waals surface area contributed by atoms with Crippen LogP contribution < -0.4 is 5.32 Å². The predicted molar refractivity (Wildman–Crippen MR) is 86.6 cm³/mol. The molecular weight excluding hydrogens is 274 g/mol. The molecule has 4 nitrogen and oxygen atoms in total. The summed E-state index contributed by atoms with van der Waals surface area (Å²) in [7, 11) is 0. The van der Waals surface area contributed by atoms with Gasteiger partial charge >= 0.3 is 0 Å². The van der Waals surface area contributed by atoms with Crippen molar-refractivity contribution in [1.82, 2.24) is 15.3 Å². The van der Waals surface area contributed by atoms with Gasteiger partial charge in [-0.1, -0.05) is 29.8 Å². The van der Waals surface area contributed by atoms with Gasteiger partial charge in [-0.3, -0.25) is 9.78 Å². The molecule has 1 atom stereocenters. The SMILES string of the molecule is Cc1ccc(C(C)NC(=O)c2ccc3cnccc3n2)cc1. The van der Waals surface area contributed by atoms with Crippen molar-refractivity contribution in [2.24, 2.45) is 0 Å². The van der Waals surface area contributed by atoms with Gasteiger partial charge in [0, 0.05) is 17.8 Å². The molecular formula is C18H17N3O. The minimum absolute atomic E-state index is 0.0666. The van der Waals surface area contributed by atoms with Crippen LogP contribution in [0.4, 0.5) is 0 Å². The highest BCUT2D eigenvalue weighted by Crippen LogP contribution is 2.15. The van der Waals surface area contributed by atoms with Gasteiger partial charge in [0.1, 0.15) is 5.69 Å². The maximum atomic E-state index is 12.3. The first-order chi connectivity index (χ1) is 10.6. The maximum Gasteiger partial charge on any atom is 0.270 e. The van der Waals surface area contributed by atoms with E-state index in [9.17, 15) is 4.79 Å². The van der Waals surface area contributed by atoms with Crippen LogP contribution >= 0.6 is 0 Å². The van der Waals surface area contributed by atoms with Gasteiger partial charge in [0.05, 0.1) is 11.6 Å². The lowest BCUT2D eigenvalue weighted by Crippen LogP contribution is -2.27. The molecule has 2 heterocycles. The van der Waals surface area contributed by atoms with Crippen molar-refractivity contribution in [1.29, 1.82) is 0 Å². The number of fused-ring (bicyclic) bond motifs is 1. The van der Waals surface area contributed by atoms with E-state index in [2.05, 4.69) is 15.3 Å². The maximum absolute atomic E-state index is 12.3. The molecule has 0 aliphatic carbocycles. The summed E-state index contributed by atoms with van der Waals surface area (Å²) in [5, 5.41) is 3.90. The molecule has 0 fully saturated rings. The Morgan fingerprint density at radius 3 is 2.64 bits per heavy atom. The van der Waals surface area contributed by atoms with Gasteiger partial charge in [-0.2, -0.15) is 0 Å².